The summed E-state index contributed by atoms with van der Waals surface area (Å²) >= 11 is 0. The first kappa shape index (κ1) is 16.4. The van der Waals surface area contributed by atoms with Gasteiger partial charge in [0.05, 0.1) is 29.9 Å². The summed E-state index contributed by atoms with van der Waals surface area (Å²) < 4.78 is 31.9. The molecule has 1 fully saturated rings. The van der Waals surface area contributed by atoms with Gasteiger partial charge in [0, 0.05) is 0 Å². The summed E-state index contributed by atoms with van der Waals surface area (Å²) in [6.07, 6.45) is 0.805. The highest BCUT2D eigenvalue weighted by atomic mass is 32.2. The average molecular weight is 293 g/mol. The number of aliphatic hydroxyl groups excluding tert-OH is 1. The standard InChI is InChI=1S/C12H23NO5S/c1-8(14)12(2,3)13-19(16,17)10-7-5-6-9(10)11(15)18-4/h8-10,13-14H,5-7H2,1-4H3. The van der Waals surface area contributed by atoms with Gasteiger partial charge in [-0.1, -0.05) is 6.42 Å². The Morgan fingerprint density at radius 2 is 2.00 bits per heavy atom. The fourth-order valence-corrected chi connectivity index (χ4v) is 4.46. The molecule has 2 N–H and O–H groups in total. The van der Waals surface area contributed by atoms with E-state index in [0.29, 0.717) is 19.3 Å². The Kier molecular flexibility index (Phi) is 4.97. The molecule has 3 unspecified atom stereocenters. The summed E-state index contributed by atoms with van der Waals surface area (Å²) in [4.78, 5) is 11.6. The van der Waals surface area contributed by atoms with Crippen LogP contribution in [0.5, 0.6) is 0 Å². The monoisotopic (exact) mass is 293 g/mol. The topological polar surface area (TPSA) is 92.7 Å². The molecule has 0 aromatic carbocycles. The molecule has 1 saturated carbocycles. The molecule has 6 nitrogen and oxygen atoms in total. The highest BCUT2D eigenvalue weighted by Gasteiger charge is 2.44. The van der Waals surface area contributed by atoms with Crippen LogP contribution in [0.1, 0.15) is 40.0 Å². The summed E-state index contributed by atoms with van der Waals surface area (Å²) in [5.74, 6) is -1.10. The number of nitrogens with one attached hydrogen (secondary N) is 1. The number of rotatable bonds is 5. The summed E-state index contributed by atoms with van der Waals surface area (Å²) in [7, 11) is -2.42. The first-order valence-electron chi connectivity index (χ1n) is 6.40. The van der Waals surface area contributed by atoms with Gasteiger partial charge in [-0.2, -0.15) is 0 Å². The Bertz CT molecular complexity index is 429. The molecule has 0 spiro atoms. The molecule has 0 heterocycles. The average Bonchev–Trinajstić information content (AvgIpc) is 2.75. The lowest BCUT2D eigenvalue weighted by Crippen LogP contribution is -2.54. The molecule has 0 aromatic rings. The van der Waals surface area contributed by atoms with E-state index in [4.69, 9.17) is 0 Å². The van der Waals surface area contributed by atoms with E-state index in [1.807, 2.05) is 0 Å². The number of hydrogen-bond donors (Lipinski definition) is 2. The SMILES string of the molecule is COC(=O)C1CCCC1S(=O)(=O)NC(C)(C)C(C)O. The van der Waals surface area contributed by atoms with Crippen LogP contribution < -0.4 is 4.72 Å². The zero-order chi connectivity index (χ0) is 14.8. The maximum Gasteiger partial charge on any atom is 0.310 e. The van der Waals surface area contributed by atoms with Crippen LogP contribution in [-0.4, -0.2) is 43.5 Å². The zero-order valence-electron chi connectivity index (χ0n) is 11.8. The highest BCUT2D eigenvalue weighted by molar-refractivity contribution is 7.90. The van der Waals surface area contributed by atoms with E-state index in [1.165, 1.54) is 14.0 Å². The van der Waals surface area contributed by atoms with Crippen molar-refractivity contribution in [3.63, 3.8) is 0 Å². The minimum Gasteiger partial charge on any atom is -0.469 e. The lowest BCUT2D eigenvalue weighted by atomic mass is 10.0. The van der Waals surface area contributed by atoms with E-state index < -0.39 is 38.8 Å². The number of hydrogen-bond acceptors (Lipinski definition) is 5. The maximum absolute atomic E-state index is 12.4. The van der Waals surface area contributed by atoms with Crippen LogP contribution >= 0.6 is 0 Å². The minimum absolute atomic E-state index is 0.436. The van der Waals surface area contributed by atoms with Crippen molar-refractivity contribution in [2.75, 3.05) is 7.11 Å². The molecule has 3 atom stereocenters. The maximum atomic E-state index is 12.4. The number of ether oxygens (including phenoxy) is 1. The minimum atomic E-state index is -3.68. The predicted molar refractivity (Wildman–Crippen MR) is 71.0 cm³/mol. The lowest BCUT2D eigenvalue weighted by molar-refractivity contribution is -0.145. The summed E-state index contributed by atoms with van der Waals surface area (Å²) in [5.41, 5.74) is -0.970. The fraction of sp³-hybridized carbons (Fsp3) is 0.917. The number of methoxy groups -OCH3 is 1. The van der Waals surface area contributed by atoms with Crippen molar-refractivity contribution in [1.29, 1.82) is 0 Å². The Morgan fingerprint density at radius 1 is 1.42 bits per heavy atom. The largest absolute Gasteiger partial charge is 0.469 e. The third kappa shape index (κ3) is 3.67. The highest BCUT2D eigenvalue weighted by Crippen LogP contribution is 2.32. The summed E-state index contributed by atoms with van der Waals surface area (Å²) in [6, 6.07) is 0. The second-order valence-corrected chi connectivity index (χ2v) is 7.54. The third-order valence-electron chi connectivity index (χ3n) is 3.80. The van der Waals surface area contributed by atoms with Gasteiger partial charge >= 0.3 is 5.97 Å². The second-order valence-electron chi connectivity index (χ2n) is 5.64. The molecule has 0 aromatic heterocycles. The van der Waals surface area contributed by atoms with Crippen molar-refractivity contribution in [1.82, 2.24) is 4.72 Å². The van der Waals surface area contributed by atoms with Crippen molar-refractivity contribution in [2.24, 2.45) is 5.92 Å². The quantitative estimate of drug-likeness (QED) is 0.716. The molecule has 112 valence electrons. The molecule has 19 heavy (non-hydrogen) atoms. The van der Waals surface area contributed by atoms with Crippen LogP contribution in [0, 0.1) is 5.92 Å². The van der Waals surface area contributed by atoms with Gasteiger partial charge in [0.1, 0.15) is 0 Å². The van der Waals surface area contributed by atoms with Gasteiger partial charge in [-0.3, -0.25) is 4.79 Å². The van der Waals surface area contributed by atoms with Gasteiger partial charge in [-0.05, 0) is 33.6 Å². The van der Waals surface area contributed by atoms with Gasteiger partial charge in [0.15, 0.2) is 0 Å². The van der Waals surface area contributed by atoms with Crippen LogP contribution in [0.3, 0.4) is 0 Å². The number of sulfonamides is 1. The number of aliphatic hydroxyl groups is 1. The first-order valence-corrected chi connectivity index (χ1v) is 7.95. The van der Waals surface area contributed by atoms with Crippen LogP contribution in [-0.2, 0) is 19.6 Å². The van der Waals surface area contributed by atoms with Crippen LogP contribution in [0.4, 0.5) is 0 Å². The molecule has 0 aliphatic heterocycles. The summed E-state index contributed by atoms with van der Waals surface area (Å²) in [5, 5.41) is 8.81. The normalized spacial score (nSPS) is 26.2. The molecular weight excluding hydrogens is 270 g/mol. The molecule has 0 saturated heterocycles. The van der Waals surface area contributed by atoms with Crippen molar-refractivity contribution in [3.8, 4) is 0 Å². The predicted octanol–water partition coefficient (Wildman–Crippen LogP) is 0.407. The van der Waals surface area contributed by atoms with E-state index in [1.54, 1.807) is 13.8 Å². The number of carbonyl (C=O) groups is 1. The number of carbonyl (C=O) groups excluding carboxylic acids is 1. The second kappa shape index (κ2) is 5.76. The molecule has 0 radical (unpaired) electrons. The fourth-order valence-electron chi connectivity index (χ4n) is 2.25. The molecule has 0 bridgehead atoms. The smallest absolute Gasteiger partial charge is 0.310 e. The number of esters is 1. The Morgan fingerprint density at radius 3 is 2.47 bits per heavy atom. The van der Waals surface area contributed by atoms with Crippen LogP contribution in [0.15, 0.2) is 0 Å². The van der Waals surface area contributed by atoms with Crippen LogP contribution in [0.2, 0.25) is 0 Å². The van der Waals surface area contributed by atoms with E-state index >= 15 is 0 Å². The first-order chi connectivity index (χ1) is 8.62. The molecule has 1 rings (SSSR count). The van der Waals surface area contributed by atoms with E-state index in [9.17, 15) is 18.3 Å². The van der Waals surface area contributed by atoms with Gasteiger partial charge in [-0.25, -0.2) is 13.1 Å². The zero-order valence-corrected chi connectivity index (χ0v) is 12.7. The van der Waals surface area contributed by atoms with Crippen LogP contribution in [0.25, 0.3) is 0 Å². The van der Waals surface area contributed by atoms with Gasteiger partial charge in [-0.15, -0.1) is 0 Å². The third-order valence-corrected chi connectivity index (χ3v) is 5.98. The van der Waals surface area contributed by atoms with Crippen molar-refractivity contribution in [3.05, 3.63) is 0 Å². The van der Waals surface area contributed by atoms with Crippen molar-refractivity contribution < 1.29 is 23.1 Å². The Hall–Kier alpha value is -0.660. The van der Waals surface area contributed by atoms with E-state index in [2.05, 4.69) is 9.46 Å². The molecule has 1 aliphatic carbocycles. The van der Waals surface area contributed by atoms with Crippen molar-refractivity contribution >= 4 is 16.0 Å². The Labute approximate surface area is 114 Å². The molecule has 1 aliphatic rings. The molecule has 7 heteroatoms. The lowest BCUT2D eigenvalue weighted by Gasteiger charge is -2.31. The van der Waals surface area contributed by atoms with Gasteiger partial charge in [0.2, 0.25) is 10.0 Å². The van der Waals surface area contributed by atoms with Gasteiger partial charge < -0.3 is 9.84 Å². The summed E-state index contributed by atoms with van der Waals surface area (Å²) in [6.45, 7) is 4.74. The van der Waals surface area contributed by atoms with Gasteiger partial charge in [0.25, 0.3) is 0 Å². The van der Waals surface area contributed by atoms with E-state index in [-0.39, 0.29) is 0 Å². The Balaban J connectivity index is 2.91. The van der Waals surface area contributed by atoms with E-state index in [0.717, 1.165) is 0 Å². The molecule has 0 amide bonds. The molecular formula is C12H23NO5S. The van der Waals surface area contributed by atoms with Crippen molar-refractivity contribution in [2.45, 2.75) is 56.9 Å².